The standard InChI is InChI=1S/C18H26OSSi/c1-12-14-9-13(19)10-18(14,2)11-16(21(3,4)5)17(12)15-7-6-8-20-15/h6-8,13,19H,9-11H2,1-5H3/t13-,18+/m0/s1. The predicted molar refractivity (Wildman–Crippen MR) is 95.2 cm³/mol. The van der Waals surface area contributed by atoms with E-state index in [1.807, 2.05) is 11.3 Å². The van der Waals surface area contributed by atoms with Crippen molar-refractivity contribution in [3.8, 4) is 0 Å². The third-order valence-corrected chi connectivity index (χ3v) is 8.35. The molecule has 1 nitrogen and oxygen atoms in total. The number of rotatable bonds is 2. The molecule has 0 spiro atoms. The Bertz CT molecular complexity index is 618. The van der Waals surface area contributed by atoms with Gasteiger partial charge in [-0.05, 0) is 54.2 Å². The van der Waals surface area contributed by atoms with Crippen LogP contribution < -0.4 is 0 Å². The first kappa shape index (κ1) is 15.3. The molecule has 0 aromatic carbocycles. The molecule has 2 aliphatic carbocycles. The summed E-state index contributed by atoms with van der Waals surface area (Å²) >= 11 is 1.85. The zero-order valence-corrected chi connectivity index (χ0v) is 15.6. The maximum atomic E-state index is 10.2. The van der Waals surface area contributed by atoms with Crippen molar-refractivity contribution in [1.29, 1.82) is 0 Å². The molecule has 0 bridgehead atoms. The summed E-state index contributed by atoms with van der Waals surface area (Å²) in [4.78, 5) is 1.42. The number of thiophene rings is 1. The van der Waals surface area contributed by atoms with E-state index in [0.717, 1.165) is 19.3 Å². The van der Waals surface area contributed by atoms with E-state index >= 15 is 0 Å². The summed E-state index contributed by atoms with van der Waals surface area (Å²) in [6.45, 7) is 12.0. The van der Waals surface area contributed by atoms with Crippen molar-refractivity contribution in [2.45, 2.75) is 58.9 Å². The lowest BCUT2D eigenvalue weighted by Crippen LogP contribution is -2.33. The molecule has 3 rings (SSSR count). The van der Waals surface area contributed by atoms with Crippen molar-refractivity contribution in [2.24, 2.45) is 5.41 Å². The summed E-state index contributed by atoms with van der Waals surface area (Å²) in [7, 11) is -1.38. The Labute approximate surface area is 133 Å². The molecule has 0 unspecified atom stereocenters. The fraction of sp³-hybridized carbons (Fsp3) is 0.556. The van der Waals surface area contributed by atoms with Crippen LogP contribution in [-0.2, 0) is 0 Å². The van der Waals surface area contributed by atoms with E-state index in [1.165, 1.54) is 21.6 Å². The Morgan fingerprint density at radius 2 is 2.05 bits per heavy atom. The number of hydrogen-bond acceptors (Lipinski definition) is 2. The molecule has 1 fully saturated rings. The molecular formula is C18H26OSSi. The molecule has 0 amide bonds. The SMILES string of the molecule is CC1=C2C[C@H](O)C[C@]2(C)CC([Si](C)(C)C)=C1c1cccs1. The van der Waals surface area contributed by atoms with E-state index in [9.17, 15) is 5.11 Å². The summed E-state index contributed by atoms with van der Waals surface area (Å²) in [5, 5.41) is 14.1. The van der Waals surface area contributed by atoms with E-state index in [2.05, 4.69) is 51.0 Å². The quantitative estimate of drug-likeness (QED) is 0.737. The van der Waals surface area contributed by atoms with Crippen molar-refractivity contribution in [3.63, 3.8) is 0 Å². The molecule has 0 aliphatic heterocycles. The minimum Gasteiger partial charge on any atom is -0.393 e. The number of aliphatic hydroxyl groups excluding tert-OH is 1. The summed E-state index contributed by atoms with van der Waals surface area (Å²) in [6.07, 6.45) is 2.81. The molecule has 0 radical (unpaired) electrons. The van der Waals surface area contributed by atoms with Crippen LogP contribution in [0.1, 0.15) is 38.0 Å². The Balaban J connectivity index is 2.22. The zero-order chi connectivity index (χ0) is 15.4. The second-order valence-electron chi connectivity index (χ2n) is 7.98. The van der Waals surface area contributed by atoms with Crippen LogP contribution in [0.4, 0.5) is 0 Å². The first-order valence-electron chi connectivity index (χ1n) is 7.88. The molecule has 114 valence electrons. The molecular weight excluding hydrogens is 292 g/mol. The minimum atomic E-state index is -1.38. The van der Waals surface area contributed by atoms with E-state index in [0.29, 0.717) is 0 Å². The third kappa shape index (κ3) is 2.49. The summed E-state index contributed by atoms with van der Waals surface area (Å²) < 4.78 is 0. The monoisotopic (exact) mass is 318 g/mol. The Morgan fingerprint density at radius 3 is 2.62 bits per heavy atom. The Hall–Kier alpha value is -0.643. The van der Waals surface area contributed by atoms with Gasteiger partial charge in [0, 0.05) is 4.88 Å². The summed E-state index contributed by atoms with van der Waals surface area (Å²) in [5.41, 5.74) is 4.69. The molecule has 0 saturated heterocycles. The van der Waals surface area contributed by atoms with Crippen LogP contribution >= 0.6 is 11.3 Å². The highest BCUT2D eigenvalue weighted by Crippen LogP contribution is 2.56. The van der Waals surface area contributed by atoms with Crippen LogP contribution in [0, 0.1) is 5.41 Å². The second kappa shape index (κ2) is 4.93. The Kier molecular flexibility index (Phi) is 3.59. The normalized spacial score (nSPS) is 30.1. The van der Waals surface area contributed by atoms with Crippen LogP contribution in [-0.4, -0.2) is 19.3 Å². The van der Waals surface area contributed by atoms with Crippen LogP contribution in [0.3, 0.4) is 0 Å². The summed E-state index contributed by atoms with van der Waals surface area (Å²) in [6, 6.07) is 4.42. The lowest BCUT2D eigenvalue weighted by atomic mass is 9.73. The molecule has 21 heavy (non-hydrogen) atoms. The van der Waals surface area contributed by atoms with Crippen molar-refractivity contribution >= 4 is 25.0 Å². The lowest BCUT2D eigenvalue weighted by Gasteiger charge is -2.39. The van der Waals surface area contributed by atoms with Gasteiger partial charge in [-0.25, -0.2) is 0 Å². The molecule has 1 N–H and O–H groups in total. The topological polar surface area (TPSA) is 20.2 Å². The third-order valence-electron chi connectivity index (χ3n) is 5.22. The first-order valence-corrected chi connectivity index (χ1v) is 12.3. The fourth-order valence-corrected chi connectivity index (χ4v) is 7.17. The maximum Gasteiger partial charge on any atom is 0.0733 e. The van der Waals surface area contributed by atoms with Gasteiger partial charge in [0.15, 0.2) is 0 Å². The van der Waals surface area contributed by atoms with Crippen molar-refractivity contribution in [2.75, 3.05) is 0 Å². The van der Waals surface area contributed by atoms with E-state index in [-0.39, 0.29) is 11.5 Å². The van der Waals surface area contributed by atoms with Crippen molar-refractivity contribution in [1.82, 2.24) is 0 Å². The van der Waals surface area contributed by atoms with E-state index in [4.69, 9.17) is 0 Å². The van der Waals surface area contributed by atoms with Crippen LogP contribution in [0.25, 0.3) is 5.57 Å². The van der Waals surface area contributed by atoms with Gasteiger partial charge in [-0.2, -0.15) is 0 Å². The second-order valence-corrected chi connectivity index (χ2v) is 14.0. The van der Waals surface area contributed by atoms with Gasteiger partial charge in [-0.3, -0.25) is 0 Å². The number of aliphatic hydroxyl groups is 1. The average molecular weight is 319 g/mol. The predicted octanol–water partition coefficient (Wildman–Crippen LogP) is 5.26. The van der Waals surface area contributed by atoms with Crippen molar-refractivity contribution < 1.29 is 5.11 Å². The number of hydrogen-bond donors (Lipinski definition) is 1. The summed E-state index contributed by atoms with van der Waals surface area (Å²) in [5.74, 6) is 0. The molecule has 2 atom stereocenters. The van der Waals surface area contributed by atoms with Crippen molar-refractivity contribution in [3.05, 3.63) is 38.7 Å². The van der Waals surface area contributed by atoms with Crippen LogP contribution in [0.5, 0.6) is 0 Å². The van der Waals surface area contributed by atoms with E-state index in [1.54, 1.807) is 5.20 Å². The molecule has 2 aliphatic rings. The van der Waals surface area contributed by atoms with E-state index < -0.39 is 8.07 Å². The minimum absolute atomic E-state index is 0.148. The number of fused-ring (bicyclic) bond motifs is 1. The highest BCUT2D eigenvalue weighted by molar-refractivity contribution is 7.11. The number of allylic oxidation sites excluding steroid dienone is 3. The molecule has 3 heteroatoms. The van der Waals surface area contributed by atoms with Gasteiger partial charge in [0.05, 0.1) is 14.2 Å². The first-order chi connectivity index (χ1) is 9.72. The van der Waals surface area contributed by atoms with Gasteiger partial charge in [-0.1, -0.05) is 43.4 Å². The van der Waals surface area contributed by atoms with Gasteiger partial charge < -0.3 is 5.11 Å². The smallest absolute Gasteiger partial charge is 0.0733 e. The molecule has 1 saturated carbocycles. The largest absolute Gasteiger partial charge is 0.393 e. The lowest BCUT2D eigenvalue weighted by molar-refractivity contribution is 0.164. The molecule has 1 aromatic heterocycles. The highest BCUT2D eigenvalue weighted by Gasteiger charge is 2.45. The van der Waals surface area contributed by atoms with Crippen LogP contribution in [0.15, 0.2) is 33.9 Å². The maximum absolute atomic E-state index is 10.2. The van der Waals surface area contributed by atoms with Crippen LogP contribution in [0.2, 0.25) is 19.6 Å². The Morgan fingerprint density at radius 1 is 1.33 bits per heavy atom. The van der Waals surface area contributed by atoms with Gasteiger partial charge >= 0.3 is 0 Å². The zero-order valence-electron chi connectivity index (χ0n) is 13.8. The average Bonchev–Trinajstić information content (AvgIpc) is 2.95. The fourth-order valence-electron chi connectivity index (χ4n) is 4.23. The van der Waals surface area contributed by atoms with Gasteiger partial charge in [-0.15, -0.1) is 11.3 Å². The molecule has 1 heterocycles. The van der Waals surface area contributed by atoms with Gasteiger partial charge in [0.25, 0.3) is 0 Å². The highest BCUT2D eigenvalue weighted by atomic mass is 32.1. The van der Waals surface area contributed by atoms with Gasteiger partial charge in [0.2, 0.25) is 0 Å². The molecule has 1 aromatic rings. The van der Waals surface area contributed by atoms with Gasteiger partial charge in [0.1, 0.15) is 0 Å².